The summed E-state index contributed by atoms with van der Waals surface area (Å²) in [6.45, 7) is 11.2. The molecular weight excluding hydrogens is 1320 g/mol. The monoisotopic (exact) mass is 1390 g/mol. The van der Waals surface area contributed by atoms with Crippen molar-refractivity contribution >= 4 is 102 Å². The summed E-state index contributed by atoms with van der Waals surface area (Å²) in [5.74, 6) is 4.39. The first kappa shape index (κ1) is 68.4. The molecule has 0 radical (unpaired) electrons. The molecule has 520 valence electrons. The maximum atomic E-state index is 13.5. The topological polar surface area (TPSA) is 327 Å². The van der Waals surface area contributed by atoms with Crippen LogP contribution in [-0.4, -0.2) is 120 Å². The Bertz CT molecular complexity index is 4710. The number of hydrogen-bond acceptors (Lipinski definition) is 21. The molecule has 8 N–H and O–H groups in total. The molecule has 13 heterocycles. The van der Waals surface area contributed by atoms with Gasteiger partial charge in [0.05, 0.1) is 46.3 Å². The number of ether oxygens (including phenoxy) is 1. The van der Waals surface area contributed by atoms with E-state index in [0.717, 1.165) is 128 Å². The van der Waals surface area contributed by atoms with E-state index in [9.17, 15) is 26.3 Å². The van der Waals surface area contributed by atoms with Crippen LogP contribution in [0.4, 0.5) is 72.9 Å². The van der Waals surface area contributed by atoms with Crippen molar-refractivity contribution in [2.45, 2.75) is 167 Å². The highest BCUT2D eigenvalue weighted by atomic mass is 35.5. The first-order valence-electron chi connectivity index (χ1n) is 33.4. The van der Waals surface area contributed by atoms with Crippen molar-refractivity contribution in [1.29, 1.82) is 0 Å². The van der Waals surface area contributed by atoms with E-state index >= 15 is 0 Å². The number of anilines is 8. The molecule has 12 aromatic heterocycles. The molecule has 32 heteroatoms. The molecule has 0 aromatic carbocycles. The lowest BCUT2D eigenvalue weighted by Gasteiger charge is -2.27. The summed E-state index contributed by atoms with van der Waals surface area (Å²) in [6, 6.07) is 8.90. The van der Waals surface area contributed by atoms with Crippen LogP contribution in [0, 0.1) is 57.9 Å². The molecule has 1 saturated heterocycles. The van der Waals surface area contributed by atoms with Crippen LogP contribution in [0.2, 0.25) is 5.15 Å². The van der Waals surface area contributed by atoms with Crippen molar-refractivity contribution in [2.75, 3.05) is 34.5 Å². The van der Waals surface area contributed by atoms with Gasteiger partial charge in [-0.25, -0.2) is 86.2 Å². The zero-order valence-electron chi connectivity index (χ0n) is 55.5. The minimum Gasteiger partial charge on any atom is -0.381 e. The predicted octanol–water partition coefficient (Wildman–Crippen LogP) is 16.0. The van der Waals surface area contributed by atoms with Crippen LogP contribution in [0.25, 0.3) is 44.1 Å². The fourth-order valence-electron chi connectivity index (χ4n) is 12.8. The summed E-state index contributed by atoms with van der Waals surface area (Å²) in [5, 5.41) is 42.9. The SMILES string of the molecule is Cc1cc(Nc2[nH]nc3ncc(F)cc23)nc(C2CCC(F)(F)CC2)n1.Cc1nc(C2CCCCC2)nc(Nc2[nH]nc3ncc(F)cc23)c1C.Cc1nc(C2CCOCC2)nc(Nc2[nH]nc3ncc(F)cc23)c1C.Fc1cnc2n[nH]c(Nc3cc(Cl)nc(C4CCCCC4)n3)c2c1. The number of nitrogens with one attached hydrogen (secondary N) is 8. The molecule has 0 bridgehead atoms. The highest BCUT2D eigenvalue weighted by molar-refractivity contribution is 6.29. The van der Waals surface area contributed by atoms with Gasteiger partial charge in [-0.1, -0.05) is 50.1 Å². The van der Waals surface area contributed by atoms with Crippen LogP contribution >= 0.6 is 11.6 Å². The van der Waals surface area contributed by atoms with Crippen LogP contribution in [0.3, 0.4) is 0 Å². The van der Waals surface area contributed by atoms with Crippen LogP contribution < -0.4 is 21.3 Å². The number of alkyl halides is 2. The van der Waals surface area contributed by atoms with Crippen molar-refractivity contribution < 1.29 is 31.1 Å². The number of aryl methyl sites for hydroxylation is 3. The second kappa shape index (κ2) is 30.1. The molecule has 0 atom stereocenters. The fraction of sp³-hybridized carbons (Fsp3) is 0.412. The average Bonchev–Trinajstić information content (AvgIpc) is 0.871. The summed E-state index contributed by atoms with van der Waals surface area (Å²) < 4.78 is 86.1. The van der Waals surface area contributed by atoms with Crippen LogP contribution in [0.1, 0.15) is 178 Å². The molecule has 100 heavy (non-hydrogen) atoms. The van der Waals surface area contributed by atoms with Crippen LogP contribution in [0.5, 0.6) is 0 Å². The van der Waals surface area contributed by atoms with E-state index in [4.69, 9.17) is 31.3 Å². The van der Waals surface area contributed by atoms with E-state index < -0.39 is 29.2 Å². The standard InChI is InChI=1S/C18H21FN6.C17H17F3N6.C17H19FN6O.C16H16ClFN6/c1-10-11(2)21-16(12-6-4-3-5-7-12)22-15(10)23-18-14-8-13(19)9-20-17(14)24-25-18;1-9-6-13(23-14(22-9)10-2-4-17(19,20)5-3-10)24-16-12-7-11(18)8-21-15(12)25-26-16;1-9-10(2)20-15(11-3-5-25-6-4-11)21-14(9)22-17-13-7-12(18)8-19-16(13)23-24-17;17-12-7-13(21-14(20-12)9-4-2-1-3-5-9)22-16-11-6-10(18)8-19-15(11)23-24-16/h8-9,12H,3-7H2,1-2H3,(H2,20,21,22,23,24,25);6-8,10H,2-5H2,1H3,(H2,21,22,23,24,25,26);7-8,11H,3-6H2,1-2H3,(H2,19,20,21,22,23,24);6-9H,1-5H2,(H2,19,20,21,22,23,24). The molecule has 25 nitrogen and oxygen atoms in total. The number of pyridine rings is 4. The Hall–Kier alpha value is -10.2. The van der Waals surface area contributed by atoms with Gasteiger partial charge in [0.2, 0.25) is 5.92 Å². The summed E-state index contributed by atoms with van der Waals surface area (Å²) in [5.41, 5.74) is 6.29. The molecule has 0 unspecified atom stereocenters. The van der Waals surface area contributed by atoms with E-state index in [1.807, 2.05) is 34.6 Å². The van der Waals surface area contributed by atoms with Gasteiger partial charge in [-0.15, -0.1) is 0 Å². The van der Waals surface area contributed by atoms with Gasteiger partial charge in [-0.3, -0.25) is 20.4 Å². The van der Waals surface area contributed by atoms with Gasteiger partial charge in [-0.2, -0.15) is 20.4 Å². The Kier molecular flexibility index (Phi) is 20.6. The number of hydrogen-bond donors (Lipinski definition) is 8. The molecule has 4 fully saturated rings. The second-order valence-electron chi connectivity index (χ2n) is 25.6. The van der Waals surface area contributed by atoms with E-state index in [-0.39, 0.29) is 18.8 Å². The van der Waals surface area contributed by atoms with E-state index in [2.05, 4.69) is 107 Å². The van der Waals surface area contributed by atoms with Gasteiger partial charge >= 0.3 is 0 Å². The number of rotatable bonds is 12. The quantitative estimate of drug-likeness (QED) is 0.0416. The Balaban J connectivity index is 0.000000120. The summed E-state index contributed by atoms with van der Waals surface area (Å²) in [7, 11) is 0. The lowest BCUT2D eigenvalue weighted by molar-refractivity contribution is -0.0387. The maximum Gasteiger partial charge on any atom is 0.248 e. The van der Waals surface area contributed by atoms with Crippen molar-refractivity contribution in [2.24, 2.45) is 0 Å². The Morgan fingerprint density at radius 2 is 0.760 bits per heavy atom. The predicted molar refractivity (Wildman–Crippen MR) is 366 cm³/mol. The summed E-state index contributed by atoms with van der Waals surface area (Å²) in [6.07, 6.45) is 18.7. The minimum atomic E-state index is -2.59. The zero-order chi connectivity index (χ0) is 69.6. The number of H-pyrrole nitrogens is 4. The van der Waals surface area contributed by atoms with Gasteiger partial charge in [0.25, 0.3) is 0 Å². The number of fused-ring (bicyclic) bond motifs is 4. The lowest BCUT2D eigenvalue weighted by atomic mass is 9.86. The normalized spacial score (nSPS) is 16.2. The molecule has 0 amide bonds. The van der Waals surface area contributed by atoms with Crippen molar-refractivity contribution in [3.05, 3.63) is 141 Å². The Morgan fingerprint density at radius 3 is 1.17 bits per heavy atom. The summed E-state index contributed by atoms with van der Waals surface area (Å²) >= 11 is 6.16. The lowest BCUT2D eigenvalue weighted by Crippen LogP contribution is -2.24. The van der Waals surface area contributed by atoms with Gasteiger partial charge in [0.1, 0.15) is 98.3 Å². The third kappa shape index (κ3) is 16.3. The Morgan fingerprint density at radius 1 is 0.410 bits per heavy atom. The first-order chi connectivity index (χ1) is 48.3. The molecule has 3 aliphatic carbocycles. The second-order valence-corrected chi connectivity index (χ2v) is 26.0. The maximum absolute atomic E-state index is 13.5. The van der Waals surface area contributed by atoms with Crippen molar-refractivity contribution in [3.63, 3.8) is 0 Å². The summed E-state index contributed by atoms with van der Waals surface area (Å²) in [4.78, 5) is 52.5. The van der Waals surface area contributed by atoms with Crippen molar-refractivity contribution in [1.82, 2.24) is 101 Å². The molecular formula is C68H73ClF6N24O. The molecule has 3 saturated carbocycles. The number of aromatic nitrogens is 20. The molecule has 12 aromatic rings. The van der Waals surface area contributed by atoms with Crippen molar-refractivity contribution in [3.8, 4) is 0 Å². The minimum absolute atomic E-state index is 0.0901. The smallest absolute Gasteiger partial charge is 0.248 e. The largest absolute Gasteiger partial charge is 0.381 e. The van der Waals surface area contributed by atoms with Crippen LogP contribution in [-0.2, 0) is 4.74 Å². The number of halogens is 7. The Labute approximate surface area is 574 Å². The average molecular weight is 1390 g/mol. The third-order valence-electron chi connectivity index (χ3n) is 18.5. The third-order valence-corrected chi connectivity index (χ3v) is 18.7. The molecule has 1 aliphatic heterocycles. The van der Waals surface area contributed by atoms with E-state index in [0.29, 0.717) is 126 Å². The van der Waals surface area contributed by atoms with E-state index in [1.54, 1.807) is 12.1 Å². The van der Waals surface area contributed by atoms with E-state index in [1.165, 1.54) is 62.8 Å². The molecule has 16 rings (SSSR count). The highest BCUT2D eigenvalue weighted by Crippen LogP contribution is 2.41. The van der Waals surface area contributed by atoms with Gasteiger partial charge in [0.15, 0.2) is 22.6 Å². The van der Waals surface area contributed by atoms with Crippen LogP contribution in [0.15, 0.2) is 61.2 Å². The number of nitrogens with zero attached hydrogens (tertiary/aromatic N) is 16. The number of aromatic amines is 4. The fourth-order valence-corrected chi connectivity index (χ4v) is 13.0. The highest BCUT2D eigenvalue weighted by Gasteiger charge is 2.37. The zero-order valence-corrected chi connectivity index (χ0v) is 56.3. The molecule has 0 spiro atoms. The van der Waals surface area contributed by atoms with Gasteiger partial charge in [-0.05, 0) is 110 Å². The molecule has 4 aliphatic rings. The van der Waals surface area contributed by atoms with Gasteiger partial charge in [0, 0.05) is 90.1 Å². The van der Waals surface area contributed by atoms with Gasteiger partial charge < -0.3 is 26.0 Å². The first-order valence-corrected chi connectivity index (χ1v) is 33.8.